The number of aryl methyl sites for hydroxylation is 2. The zero-order chi connectivity index (χ0) is 12.4. The van der Waals surface area contributed by atoms with Crippen LogP contribution < -0.4 is 0 Å². The van der Waals surface area contributed by atoms with Gasteiger partial charge in [-0.2, -0.15) is 0 Å². The van der Waals surface area contributed by atoms with Crippen LogP contribution in [-0.2, 0) is 7.05 Å². The second-order valence-electron chi connectivity index (χ2n) is 4.15. The summed E-state index contributed by atoms with van der Waals surface area (Å²) in [6, 6.07) is 9.94. The zero-order valence-corrected chi connectivity index (χ0v) is 11.0. The van der Waals surface area contributed by atoms with E-state index in [1.807, 2.05) is 38.4 Å². The van der Waals surface area contributed by atoms with Crippen molar-refractivity contribution in [2.24, 2.45) is 12.0 Å². The van der Waals surface area contributed by atoms with Crippen molar-refractivity contribution in [3.8, 4) is 0 Å². The van der Waals surface area contributed by atoms with Crippen molar-refractivity contribution >= 4 is 23.5 Å². The number of nitrogens with zero attached hydrogens (tertiary/aromatic N) is 2. The Labute approximate surface area is 107 Å². The Bertz CT molecular complexity index is 568. The topological polar surface area (TPSA) is 17.3 Å². The Hall–Kier alpha value is -1.54. The van der Waals surface area contributed by atoms with Gasteiger partial charge in [0.15, 0.2) is 0 Å². The Morgan fingerprint density at radius 2 is 1.94 bits per heavy atom. The van der Waals surface area contributed by atoms with Crippen molar-refractivity contribution < 1.29 is 0 Å². The summed E-state index contributed by atoms with van der Waals surface area (Å²) in [7, 11) is 2.03. The standard InChI is InChI=1S/C14H15ClN2/c1-10-4-6-12(8-14(10)15)16-9-13-7-5-11(2)17(13)3/h4-9H,1-3H3. The van der Waals surface area contributed by atoms with Crippen LogP contribution in [0.4, 0.5) is 5.69 Å². The lowest BCUT2D eigenvalue weighted by Crippen LogP contribution is -1.96. The van der Waals surface area contributed by atoms with E-state index in [9.17, 15) is 0 Å². The summed E-state index contributed by atoms with van der Waals surface area (Å²) in [6.45, 7) is 4.05. The summed E-state index contributed by atoms with van der Waals surface area (Å²) >= 11 is 6.05. The molecule has 0 radical (unpaired) electrons. The zero-order valence-electron chi connectivity index (χ0n) is 10.2. The molecular formula is C14H15ClN2. The van der Waals surface area contributed by atoms with Crippen LogP contribution >= 0.6 is 11.6 Å². The van der Waals surface area contributed by atoms with Gasteiger partial charge >= 0.3 is 0 Å². The van der Waals surface area contributed by atoms with Gasteiger partial charge in [0.05, 0.1) is 17.6 Å². The smallest absolute Gasteiger partial charge is 0.0645 e. The maximum absolute atomic E-state index is 6.05. The maximum Gasteiger partial charge on any atom is 0.0645 e. The molecule has 0 N–H and O–H groups in total. The number of halogens is 1. The molecule has 88 valence electrons. The van der Waals surface area contributed by atoms with Gasteiger partial charge in [0.25, 0.3) is 0 Å². The highest BCUT2D eigenvalue weighted by molar-refractivity contribution is 6.31. The third kappa shape index (κ3) is 2.59. The summed E-state index contributed by atoms with van der Waals surface area (Å²) in [5.41, 5.74) is 4.24. The number of aliphatic imine (C=N–C) groups is 1. The molecule has 2 rings (SSSR count). The van der Waals surface area contributed by atoms with Crippen molar-refractivity contribution in [1.82, 2.24) is 4.57 Å². The third-order valence-corrected chi connectivity index (χ3v) is 3.32. The van der Waals surface area contributed by atoms with E-state index in [2.05, 4.69) is 28.6 Å². The van der Waals surface area contributed by atoms with Gasteiger partial charge in [-0.25, -0.2) is 0 Å². The Morgan fingerprint density at radius 3 is 2.53 bits per heavy atom. The second kappa shape index (κ2) is 4.76. The van der Waals surface area contributed by atoms with Crippen LogP contribution in [0.5, 0.6) is 0 Å². The Balaban J connectivity index is 2.26. The van der Waals surface area contributed by atoms with Crippen LogP contribution in [0.15, 0.2) is 35.3 Å². The SMILES string of the molecule is Cc1ccc(N=Cc2ccc(C)n2C)cc1Cl. The van der Waals surface area contributed by atoms with E-state index in [0.717, 1.165) is 22.0 Å². The minimum atomic E-state index is 0.753. The first kappa shape index (κ1) is 11.9. The molecule has 0 fully saturated rings. The normalized spacial score (nSPS) is 11.3. The summed E-state index contributed by atoms with van der Waals surface area (Å²) in [6.07, 6.45) is 1.86. The van der Waals surface area contributed by atoms with Crippen molar-refractivity contribution in [2.45, 2.75) is 13.8 Å². The number of rotatable bonds is 2. The fourth-order valence-corrected chi connectivity index (χ4v) is 1.74. The van der Waals surface area contributed by atoms with Crippen LogP contribution in [0.1, 0.15) is 17.0 Å². The van der Waals surface area contributed by atoms with Crippen LogP contribution in [-0.4, -0.2) is 10.8 Å². The summed E-state index contributed by atoms with van der Waals surface area (Å²) in [5.74, 6) is 0. The van der Waals surface area contributed by atoms with E-state index in [-0.39, 0.29) is 0 Å². The van der Waals surface area contributed by atoms with Crippen LogP contribution in [0.2, 0.25) is 5.02 Å². The minimum Gasteiger partial charge on any atom is -0.347 e. The molecule has 0 saturated heterocycles. The molecule has 2 aromatic rings. The average Bonchev–Trinajstić information content (AvgIpc) is 2.62. The van der Waals surface area contributed by atoms with Gasteiger partial charge in [0, 0.05) is 17.8 Å². The molecule has 0 bridgehead atoms. The molecule has 1 aromatic carbocycles. The first-order valence-electron chi connectivity index (χ1n) is 5.50. The van der Waals surface area contributed by atoms with E-state index < -0.39 is 0 Å². The van der Waals surface area contributed by atoms with Gasteiger partial charge in [-0.05, 0) is 43.7 Å². The number of aromatic nitrogens is 1. The molecule has 1 heterocycles. The minimum absolute atomic E-state index is 0.753. The highest BCUT2D eigenvalue weighted by Gasteiger charge is 1.98. The third-order valence-electron chi connectivity index (χ3n) is 2.91. The fraction of sp³-hybridized carbons (Fsp3) is 0.214. The average molecular weight is 247 g/mol. The molecule has 2 nitrogen and oxygen atoms in total. The lowest BCUT2D eigenvalue weighted by molar-refractivity contribution is 0.874. The van der Waals surface area contributed by atoms with E-state index >= 15 is 0 Å². The number of hydrogen-bond donors (Lipinski definition) is 0. The molecule has 0 unspecified atom stereocenters. The molecule has 0 aliphatic heterocycles. The summed E-state index contributed by atoms with van der Waals surface area (Å²) in [5, 5.41) is 0.753. The molecule has 0 spiro atoms. The first-order chi connectivity index (χ1) is 8.08. The van der Waals surface area contributed by atoms with Crippen molar-refractivity contribution in [3.05, 3.63) is 52.3 Å². The molecular weight excluding hydrogens is 232 g/mol. The molecule has 3 heteroatoms. The van der Waals surface area contributed by atoms with Crippen LogP contribution in [0.3, 0.4) is 0 Å². The fourth-order valence-electron chi connectivity index (χ4n) is 1.57. The largest absolute Gasteiger partial charge is 0.347 e. The molecule has 0 atom stereocenters. The lowest BCUT2D eigenvalue weighted by atomic mass is 10.2. The number of hydrogen-bond acceptors (Lipinski definition) is 1. The molecule has 0 amide bonds. The highest BCUT2D eigenvalue weighted by atomic mass is 35.5. The monoisotopic (exact) mass is 246 g/mol. The Morgan fingerprint density at radius 1 is 1.18 bits per heavy atom. The molecule has 0 aliphatic carbocycles. The van der Waals surface area contributed by atoms with Crippen molar-refractivity contribution in [2.75, 3.05) is 0 Å². The number of benzene rings is 1. The highest BCUT2D eigenvalue weighted by Crippen LogP contribution is 2.22. The van der Waals surface area contributed by atoms with E-state index in [4.69, 9.17) is 11.6 Å². The predicted molar refractivity (Wildman–Crippen MR) is 73.6 cm³/mol. The second-order valence-corrected chi connectivity index (χ2v) is 4.56. The van der Waals surface area contributed by atoms with Gasteiger partial charge in [-0.3, -0.25) is 4.99 Å². The first-order valence-corrected chi connectivity index (χ1v) is 5.88. The Kier molecular flexibility index (Phi) is 3.34. The molecule has 1 aromatic heterocycles. The molecule has 0 saturated carbocycles. The summed E-state index contributed by atoms with van der Waals surface area (Å²) in [4.78, 5) is 4.42. The van der Waals surface area contributed by atoms with E-state index in [1.54, 1.807) is 0 Å². The van der Waals surface area contributed by atoms with Gasteiger partial charge in [-0.15, -0.1) is 0 Å². The summed E-state index contributed by atoms with van der Waals surface area (Å²) < 4.78 is 2.10. The van der Waals surface area contributed by atoms with Gasteiger partial charge in [0.2, 0.25) is 0 Å². The maximum atomic E-state index is 6.05. The van der Waals surface area contributed by atoms with E-state index in [1.165, 1.54) is 5.69 Å². The lowest BCUT2D eigenvalue weighted by Gasteiger charge is -2.00. The van der Waals surface area contributed by atoms with Crippen LogP contribution in [0, 0.1) is 13.8 Å². The predicted octanol–water partition coefficient (Wildman–Crippen LogP) is 4.05. The van der Waals surface area contributed by atoms with Crippen molar-refractivity contribution in [3.63, 3.8) is 0 Å². The van der Waals surface area contributed by atoms with Crippen LogP contribution in [0.25, 0.3) is 0 Å². The van der Waals surface area contributed by atoms with Crippen molar-refractivity contribution in [1.29, 1.82) is 0 Å². The quantitative estimate of drug-likeness (QED) is 0.712. The van der Waals surface area contributed by atoms with Gasteiger partial charge in [0.1, 0.15) is 0 Å². The molecule has 0 aliphatic rings. The van der Waals surface area contributed by atoms with Gasteiger partial charge < -0.3 is 4.57 Å². The van der Waals surface area contributed by atoms with Gasteiger partial charge in [-0.1, -0.05) is 17.7 Å². The molecule has 17 heavy (non-hydrogen) atoms. The van der Waals surface area contributed by atoms with E-state index in [0.29, 0.717) is 0 Å².